The van der Waals surface area contributed by atoms with Crippen molar-refractivity contribution in [2.45, 2.75) is 39.7 Å². The first-order valence-electron chi connectivity index (χ1n) is 7.91. The van der Waals surface area contributed by atoms with E-state index in [1.807, 2.05) is 36.4 Å². The molecule has 0 saturated heterocycles. The molecule has 0 radical (unpaired) electrons. The summed E-state index contributed by atoms with van der Waals surface area (Å²) in [5.41, 5.74) is 3.41. The van der Waals surface area contributed by atoms with Crippen LogP contribution in [0.25, 0.3) is 0 Å². The van der Waals surface area contributed by atoms with Crippen LogP contribution in [0.15, 0.2) is 42.5 Å². The van der Waals surface area contributed by atoms with Crippen molar-refractivity contribution in [1.82, 2.24) is 0 Å². The van der Waals surface area contributed by atoms with Crippen LogP contribution in [0.5, 0.6) is 5.75 Å². The quantitative estimate of drug-likeness (QED) is 0.618. The van der Waals surface area contributed by atoms with Crippen molar-refractivity contribution < 1.29 is 4.74 Å². The molecular weight excluding hydrogens is 294 g/mol. The average Bonchev–Trinajstić information content (AvgIpc) is 2.53. The predicted molar refractivity (Wildman–Crippen MR) is 95.0 cm³/mol. The largest absolute Gasteiger partial charge is 0.493 e. The molecule has 0 saturated carbocycles. The van der Waals surface area contributed by atoms with Gasteiger partial charge in [0.1, 0.15) is 5.75 Å². The highest BCUT2D eigenvalue weighted by atomic mass is 35.5. The lowest BCUT2D eigenvalue weighted by Crippen LogP contribution is -2.05. The van der Waals surface area contributed by atoms with Gasteiger partial charge in [0.15, 0.2) is 0 Å². The van der Waals surface area contributed by atoms with Crippen molar-refractivity contribution in [3.8, 4) is 5.75 Å². The van der Waals surface area contributed by atoms with E-state index in [-0.39, 0.29) is 0 Å². The predicted octanol–water partition coefficient (Wildman–Crippen LogP) is 5.83. The van der Waals surface area contributed by atoms with Crippen LogP contribution >= 0.6 is 11.6 Å². The molecule has 2 aromatic rings. The van der Waals surface area contributed by atoms with Gasteiger partial charge in [0.25, 0.3) is 0 Å². The number of anilines is 1. The molecule has 0 fully saturated rings. The first kappa shape index (κ1) is 16.7. The highest BCUT2D eigenvalue weighted by molar-refractivity contribution is 6.30. The number of rotatable bonds is 8. The summed E-state index contributed by atoms with van der Waals surface area (Å²) in [6, 6.07) is 14.1. The van der Waals surface area contributed by atoms with Crippen LogP contribution in [-0.2, 0) is 6.54 Å². The number of para-hydroxylation sites is 1. The molecule has 0 amide bonds. The fourth-order valence-electron chi connectivity index (χ4n) is 2.30. The molecule has 22 heavy (non-hydrogen) atoms. The Morgan fingerprint density at radius 2 is 1.91 bits per heavy atom. The van der Waals surface area contributed by atoms with Crippen LogP contribution in [-0.4, -0.2) is 6.61 Å². The van der Waals surface area contributed by atoms with Gasteiger partial charge >= 0.3 is 0 Å². The van der Waals surface area contributed by atoms with Crippen LogP contribution in [0.3, 0.4) is 0 Å². The van der Waals surface area contributed by atoms with E-state index in [1.165, 1.54) is 24.0 Å². The monoisotopic (exact) mass is 317 g/mol. The van der Waals surface area contributed by atoms with Crippen molar-refractivity contribution in [2.75, 3.05) is 11.9 Å². The number of halogens is 1. The number of ether oxygens (including phenoxy) is 1. The van der Waals surface area contributed by atoms with E-state index < -0.39 is 0 Å². The molecule has 3 heteroatoms. The van der Waals surface area contributed by atoms with Gasteiger partial charge in [0, 0.05) is 22.8 Å². The second kappa shape index (κ2) is 8.70. The smallest absolute Gasteiger partial charge is 0.124 e. The maximum atomic E-state index is 6.06. The van der Waals surface area contributed by atoms with Gasteiger partial charge in [0.05, 0.1) is 6.61 Å². The molecule has 2 rings (SSSR count). The Morgan fingerprint density at radius 3 is 2.73 bits per heavy atom. The summed E-state index contributed by atoms with van der Waals surface area (Å²) >= 11 is 6.06. The summed E-state index contributed by atoms with van der Waals surface area (Å²) in [5, 5.41) is 4.19. The normalized spacial score (nSPS) is 10.5. The SMILES string of the molecule is CCCCCOc1ccccc1CNc1cc(Cl)ccc1C. The van der Waals surface area contributed by atoms with Crippen LogP contribution < -0.4 is 10.1 Å². The van der Waals surface area contributed by atoms with E-state index in [2.05, 4.69) is 25.2 Å². The zero-order valence-electron chi connectivity index (χ0n) is 13.4. The lowest BCUT2D eigenvalue weighted by Gasteiger charge is -2.14. The zero-order chi connectivity index (χ0) is 15.8. The molecule has 118 valence electrons. The van der Waals surface area contributed by atoms with Crippen LogP contribution in [0.2, 0.25) is 5.02 Å². The Kier molecular flexibility index (Phi) is 6.60. The van der Waals surface area contributed by atoms with E-state index in [4.69, 9.17) is 16.3 Å². The average molecular weight is 318 g/mol. The second-order valence-corrected chi connectivity index (χ2v) is 5.91. The topological polar surface area (TPSA) is 21.3 Å². The van der Waals surface area contributed by atoms with Crippen LogP contribution in [0.4, 0.5) is 5.69 Å². The van der Waals surface area contributed by atoms with E-state index in [0.29, 0.717) is 0 Å². The summed E-state index contributed by atoms with van der Waals surface area (Å²) in [7, 11) is 0. The highest BCUT2D eigenvalue weighted by Gasteiger charge is 2.04. The molecule has 0 aliphatic carbocycles. The minimum atomic E-state index is 0.727. The molecular formula is C19H24ClNO. The third-order valence-electron chi connectivity index (χ3n) is 3.65. The summed E-state index contributed by atoms with van der Waals surface area (Å²) in [4.78, 5) is 0. The summed E-state index contributed by atoms with van der Waals surface area (Å²) in [6.45, 7) is 5.78. The van der Waals surface area contributed by atoms with Gasteiger partial charge in [-0.25, -0.2) is 0 Å². The van der Waals surface area contributed by atoms with Gasteiger partial charge in [-0.15, -0.1) is 0 Å². The van der Waals surface area contributed by atoms with E-state index in [1.54, 1.807) is 0 Å². The molecule has 1 N–H and O–H groups in total. The molecule has 0 atom stereocenters. The second-order valence-electron chi connectivity index (χ2n) is 5.48. The maximum absolute atomic E-state index is 6.06. The summed E-state index contributed by atoms with van der Waals surface area (Å²) in [6.07, 6.45) is 3.52. The number of unbranched alkanes of at least 4 members (excludes halogenated alkanes) is 2. The highest BCUT2D eigenvalue weighted by Crippen LogP contribution is 2.23. The summed E-state index contributed by atoms with van der Waals surface area (Å²) < 4.78 is 5.92. The number of benzene rings is 2. The van der Waals surface area contributed by atoms with Gasteiger partial charge in [-0.2, -0.15) is 0 Å². The first-order valence-corrected chi connectivity index (χ1v) is 8.29. The Balaban J connectivity index is 1.98. The van der Waals surface area contributed by atoms with Crippen molar-refractivity contribution in [3.63, 3.8) is 0 Å². The first-order chi connectivity index (χ1) is 10.7. The Labute approximate surface area is 138 Å². The van der Waals surface area contributed by atoms with Crippen molar-refractivity contribution >= 4 is 17.3 Å². The molecule has 0 aromatic heterocycles. The van der Waals surface area contributed by atoms with E-state index >= 15 is 0 Å². The molecule has 0 aliphatic rings. The van der Waals surface area contributed by atoms with E-state index in [0.717, 1.165) is 36.0 Å². The molecule has 2 aromatic carbocycles. The maximum Gasteiger partial charge on any atom is 0.124 e. The van der Waals surface area contributed by atoms with Crippen molar-refractivity contribution in [2.24, 2.45) is 0 Å². The molecule has 2 nitrogen and oxygen atoms in total. The molecule has 0 heterocycles. The third kappa shape index (κ3) is 4.96. The van der Waals surface area contributed by atoms with Gasteiger partial charge in [-0.1, -0.05) is 55.6 Å². The van der Waals surface area contributed by atoms with Crippen molar-refractivity contribution in [3.05, 3.63) is 58.6 Å². The van der Waals surface area contributed by atoms with Gasteiger partial charge < -0.3 is 10.1 Å². The van der Waals surface area contributed by atoms with Crippen molar-refractivity contribution in [1.29, 1.82) is 0 Å². The third-order valence-corrected chi connectivity index (χ3v) is 3.88. The minimum Gasteiger partial charge on any atom is -0.493 e. The Hall–Kier alpha value is -1.67. The lowest BCUT2D eigenvalue weighted by atomic mass is 10.1. The lowest BCUT2D eigenvalue weighted by molar-refractivity contribution is 0.303. The standard InChI is InChI=1S/C19H24ClNO/c1-3-4-7-12-22-19-9-6-5-8-16(19)14-21-18-13-17(20)11-10-15(18)2/h5-6,8-11,13,21H,3-4,7,12,14H2,1-2H3. The van der Waals surface area contributed by atoms with Gasteiger partial charge in [0.2, 0.25) is 0 Å². The molecule has 0 bridgehead atoms. The Morgan fingerprint density at radius 1 is 1.09 bits per heavy atom. The number of hydrogen-bond donors (Lipinski definition) is 1. The van der Waals surface area contributed by atoms with E-state index in [9.17, 15) is 0 Å². The van der Waals surface area contributed by atoms with Crippen LogP contribution in [0, 0.1) is 6.92 Å². The molecule has 0 spiro atoms. The molecule has 0 aliphatic heterocycles. The number of hydrogen-bond acceptors (Lipinski definition) is 2. The summed E-state index contributed by atoms with van der Waals surface area (Å²) in [5.74, 6) is 0.964. The molecule has 0 unspecified atom stereocenters. The number of aryl methyl sites for hydroxylation is 1. The minimum absolute atomic E-state index is 0.727. The fourth-order valence-corrected chi connectivity index (χ4v) is 2.47. The Bertz CT molecular complexity index is 598. The van der Waals surface area contributed by atoms with Gasteiger partial charge in [-0.05, 0) is 37.1 Å². The zero-order valence-corrected chi connectivity index (χ0v) is 14.1. The number of nitrogens with one attached hydrogen (secondary N) is 1. The fraction of sp³-hybridized carbons (Fsp3) is 0.368. The van der Waals surface area contributed by atoms with Crippen LogP contribution in [0.1, 0.15) is 37.3 Å². The van der Waals surface area contributed by atoms with Gasteiger partial charge in [-0.3, -0.25) is 0 Å².